The molecule has 1 aromatic heterocycles. The van der Waals surface area contributed by atoms with Gasteiger partial charge in [-0.2, -0.15) is 0 Å². The minimum Gasteiger partial charge on any atom is -0.349 e. The number of nitrogens with one attached hydrogen (secondary N) is 1. The molecular formula is C25H31FN2O. The van der Waals surface area contributed by atoms with Gasteiger partial charge in [-0.25, -0.2) is 4.39 Å². The van der Waals surface area contributed by atoms with Gasteiger partial charge in [0.2, 0.25) is 0 Å². The fraction of sp³-hybridized carbons (Fsp3) is 0.560. The molecule has 4 bridgehead atoms. The van der Waals surface area contributed by atoms with E-state index >= 15 is 0 Å². The first-order valence-corrected chi connectivity index (χ1v) is 11.1. The van der Waals surface area contributed by atoms with Gasteiger partial charge in [0.25, 0.3) is 5.91 Å². The molecule has 3 nitrogen and oxygen atoms in total. The van der Waals surface area contributed by atoms with E-state index in [1.165, 1.54) is 50.7 Å². The Morgan fingerprint density at radius 2 is 1.62 bits per heavy atom. The number of aromatic nitrogens is 1. The Hall–Kier alpha value is -2.10. The lowest BCUT2D eigenvalue weighted by molar-refractivity contribution is -0.0688. The van der Waals surface area contributed by atoms with E-state index in [2.05, 4.69) is 12.2 Å². The largest absolute Gasteiger partial charge is 0.349 e. The quantitative estimate of drug-likeness (QED) is 0.723. The Labute approximate surface area is 172 Å². The molecule has 4 fully saturated rings. The van der Waals surface area contributed by atoms with Crippen LogP contribution in [0.5, 0.6) is 0 Å². The van der Waals surface area contributed by atoms with Crippen LogP contribution in [0, 0.1) is 42.8 Å². The van der Waals surface area contributed by atoms with Crippen LogP contribution in [0.15, 0.2) is 30.3 Å². The fourth-order valence-electron chi connectivity index (χ4n) is 7.12. The van der Waals surface area contributed by atoms with Crippen LogP contribution < -0.4 is 5.32 Å². The molecule has 1 heterocycles. The van der Waals surface area contributed by atoms with Gasteiger partial charge in [-0.05, 0) is 113 Å². The van der Waals surface area contributed by atoms with Crippen LogP contribution in [0.4, 0.5) is 4.39 Å². The van der Waals surface area contributed by atoms with Gasteiger partial charge in [0.1, 0.15) is 5.82 Å². The predicted molar refractivity (Wildman–Crippen MR) is 113 cm³/mol. The molecule has 0 spiro atoms. The molecule has 4 aliphatic rings. The zero-order chi connectivity index (χ0) is 20.3. The van der Waals surface area contributed by atoms with E-state index < -0.39 is 0 Å². The van der Waals surface area contributed by atoms with Crippen LogP contribution >= 0.6 is 0 Å². The van der Waals surface area contributed by atoms with Gasteiger partial charge in [0, 0.05) is 23.1 Å². The van der Waals surface area contributed by atoms with Crippen LogP contribution in [-0.4, -0.2) is 16.5 Å². The van der Waals surface area contributed by atoms with E-state index in [-0.39, 0.29) is 17.8 Å². The highest BCUT2D eigenvalue weighted by Crippen LogP contribution is 2.61. The van der Waals surface area contributed by atoms with Crippen LogP contribution in [0.25, 0.3) is 5.69 Å². The number of nitrogens with zero attached hydrogens (tertiary/aromatic N) is 1. The standard InChI is InChI=1S/C25H31FN2O/c1-15-8-23(16(2)28(15)22-6-4-21(26)5-7-22)24(29)27-17(3)25-12-18-9-19(13-25)11-20(10-18)14-25/h4-8,17-20H,9-14H2,1-3H3,(H,27,29). The van der Waals surface area contributed by atoms with Crippen molar-refractivity contribution in [2.24, 2.45) is 23.2 Å². The summed E-state index contributed by atoms with van der Waals surface area (Å²) in [5.41, 5.74) is 3.80. The van der Waals surface area contributed by atoms with Gasteiger partial charge in [0.15, 0.2) is 0 Å². The fourth-order valence-corrected chi connectivity index (χ4v) is 7.12. The lowest BCUT2D eigenvalue weighted by Crippen LogP contribution is -2.55. The first-order valence-electron chi connectivity index (χ1n) is 11.1. The summed E-state index contributed by atoms with van der Waals surface area (Å²) in [4.78, 5) is 13.2. The highest BCUT2D eigenvalue weighted by atomic mass is 19.1. The molecule has 29 heavy (non-hydrogen) atoms. The topological polar surface area (TPSA) is 34.0 Å². The molecule has 0 radical (unpaired) electrons. The maximum atomic E-state index is 13.3. The van der Waals surface area contributed by atoms with Crippen molar-refractivity contribution >= 4 is 5.91 Å². The number of rotatable bonds is 4. The normalized spacial score (nSPS) is 31.1. The molecule has 0 saturated heterocycles. The van der Waals surface area contributed by atoms with Gasteiger partial charge in [-0.1, -0.05) is 0 Å². The Kier molecular flexibility index (Phi) is 4.38. The van der Waals surface area contributed by atoms with Crippen molar-refractivity contribution in [1.29, 1.82) is 0 Å². The Bertz CT molecular complexity index is 907. The summed E-state index contributed by atoms with van der Waals surface area (Å²) in [6.45, 7) is 6.19. The lowest BCUT2D eigenvalue weighted by Gasteiger charge is -2.59. The molecular weight excluding hydrogens is 363 g/mol. The number of carbonyl (C=O) groups is 1. The molecule has 1 atom stereocenters. The second-order valence-electron chi connectivity index (χ2n) is 10.1. The molecule has 1 unspecified atom stereocenters. The second kappa shape index (κ2) is 6.72. The van der Waals surface area contributed by atoms with Gasteiger partial charge in [-0.3, -0.25) is 4.79 Å². The molecule has 154 valence electrons. The maximum Gasteiger partial charge on any atom is 0.253 e. The third-order valence-electron chi connectivity index (χ3n) is 8.11. The number of aryl methyl sites for hydroxylation is 1. The summed E-state index contributed by atoms with van der Waals surface area (Å²) in [6.07, 6.45) is 8.11. The van der Waals surface area contributed by atoms with Crippen molar-refractivity contribution in [3.63, 3.8) is 0 Å². The molecule has 6 rings (SSSR count). The minimum absolute atomic E-state index is 0.0229. The van der Waals surface area contributed by atoms with Gasteiger partial charge >= 0.3 is 0 Å². The molecule has 2 aromatic rings. The molecule has 4 aliphatic carbocycles. The van der Waals surface area contributed by atoms with Crippen molar-refractivity contribution < 1.29 is 9.18 Å². The predicted octanol–water partition coefficient (Wildman–Crippen LogP) is 5.57. The van der Waals surface area contributed by atoms with Crippen LogP contribution in [0.1, 0.15) is 67.2 Å². The van der Waals surface area contributed by atoms with E-state index in [1.54, 1.807) is 12.1 Å². The monoisotopic (exact) mass is 394 g/mol. The van der Waals surface area contributed by atoms with Crippen molar-refractivity contribution in [3.8, 4) is 5.69 Å². The van der Waals surface area contributed by atoms with Crippen LogP contribution in [0.2, 0.25) is 0 Å². The van der Waals surface area contributed by atoms with Gasteiger partial charge in [-0.15, -0.1) is 0 Å². The second-order valence-corrected chi connectivity index (χ2v) is 10.1. The van der Waals surface area contributed by atoms with Crippen LogP contribution in [0.3, 0.4) is 0 Å². The zero-order valence-electron chi connectivity index (χ0n) is 17.7. The third-order valence-corrected chi connectivity index (χ3v) is 8.11. The molecule has 0 aliphatic heterocycles. The summed E-state index contributed by atoms with van der Waals surface area (Å²) < 4.78 is 15.3. The molecule has 4 saturated carbocycles. The smallest absolute Gasteiger partial charge is 0.253 e. The van der Waals surface area contributed by atoms with Crippen molar-refractivity contribution in [3.05, 3.63) is 53.1 Å². The Morgan fingerprint density at radius 3 is 2.17 bits per heavy atom. The van der Waals surface area contributed by atoms with E-state index in [9.17, 15) is 9.18 Å². The van der Waals surface area contributed by atoms with E-state index in [4.69, 9.17) is 0 Å². The minimum atomic E-state index is -0.251. The third kappa shape index (κ3) is 3.12. The molecule has 1 amide bonds. The average Bonchev–Trinajstić information content (AvgIpc) is 2.96. The first kappa shape index (κ1) is 18.9. The SMILES string of the molecule is Cc1cc(C(=O)NC(C)C23CC4CC(CC(C4)C2)C3)c(C)n1-c1ccc(F)cc1. The van der Waals surface area contributed by atoms with Crippen molar-refractivity contribution in [2.45, 2.75) is 65.3 Å². The molecule has 1 aromatic carbocycles. The van der Waals surface area contributed by atoms with Crippen molar-refractivity contribution in [2.75, 3.05) is 0 Å². The number of benzene rings is 1. The van der Waals surface area contributed by atoms with E-state index in [1.807, 2.05) is 24.5 Å². The number of halogens is 1. The van der Waals surface area contributed by atoms with Gasteiger partial charge in [0.05, 0.1) is 5.56 Å². The van der Waals surface area contributed by atoms with Crippen molar-refractivity contribution in [1.82, 2.24) is 9.88 Å². The van der Waals surface area contributed by atoms with E-state index in [0.717, 1.165) is 40.4 Å². The van der Waals surface area contributed by atoms with Gasteiger partial charge < -0.3 is 9.88 Å². The lowest BCUT2D eigenvalue weighted by atomic mass is 9.48. The highest BCUT2D eigenvalue weighted by Gasteiger charge is 2.53. The number of hydrogen-bond donors (Lipinski definition) is 1. The number of hydrogen-bond acceptors (Lipinski definition) is 1. The van der Waals surface area contributed by atoms with E-state index in [0.29, 0.717) is 5.41 Å². The highest BCUT2D eigenvalue weighted by molar-refractivity contribution is 5.96. The Balaban J connectivity index is 1.37. The summed E-state index contributed by atoms with van der Waals surface area (Å²) in [7, 11) is 0. The Morgan fingerprint density at radius 1 is 1.07 bits per heavy atom. The van der Waals surface area contributed by atoms with Crippen LogP contribution in [-0.2, 0) is 0 Å². The number of amides is 1. The molecule has 4 heteroatoms. The summed E-state index contributed by atoms with van der Waals surface area (Å²) >= 11 is 0. The maximum absolute atomic E-state index is 13.3. The summed E-state index contributed by atoms with van der Waals surface area (Å²) in [6, 6.07) is 8.61. The molecule has 1 N–H and O–H groups in total. The summed E-state index contributed by atoms with van der Waals surface area (Å²) in [5, 5.41) is 3.38. The number of carbonyl (C=O) groups excluding carboxylic acids is 1. The summed E-state index contributed by atoms with van der Waals surface area (Å²) in [5.74, 6) is 2.41. The first-order chi connectivity index (χ1) is 13.8. The zero-order valence-corrected chi connectivity index (χ0v) is 17.7. The average molecular weight is 395 g/mol.